The molecule has 0 bridgehead atoms. The van der Waals surface area contributed by atoms with Gasteiger partial charge in [0.2, 0.25) is 5.88 Å². The number of fused-ring (bicyclic) bond motifs is 2. The van der Waals surface area contributed by atoms with Crippen LogP contribution in [0.5, 0.6) is 5.88 Å². The van der Waals surface area contributed by atoms with Crippen LogP contribution in [0.4, 0.5) is 0 Å². The van der Waals surface area contributed by atoms with Crippen LogP contribution >= 0.6 is 0 Å². The molecule has 0 saturated carbocycles. The Labute approximate surface area is 164 Å². The fourth-order valence-electron chi connectivity index (χ4n) is 4.08. The number of amides is 1. The first-order chi connectivity index (χ1) is 14.0. The Hall–Kier alpha value is -3.04. The first-order valence-corrected chi connectivity index (χ1v) is 9.19. The summed E-state index contributed by atoms with van der Waals surface area (Å²) in [6.07, 6.45) is -5.29. The zero-order valence-corrected chi connectivity index (χ0v) is 15.1. The van der Waals surface area contributed by atoms with Crippen molar-refractivity contribution in [1.29, 1.82) is 0 Å². The van der Waals surface area contributed by atoms with Crippen LogP contribution in [-0.2, 0) is 9.53 Å². The van der Waals surface area contributed by atoms with Gasteiger partial charge in [0.25, 0.3) is 5.91 Å². The molecule has 2 aliphatic rings. The zero-order chi connectivity index (χ0) is 20.3. The molecule has 5 rings (SSSR count). The van der Waals surface area contributed by atoms with Gasteiger partial charge in [-0.3, -0.25) is 9.36 Å². The van der Waals surface area contributed by atoms with Gasteiger partial charge >= 0.3 is 0 Å². The number of hydrogen-bond donors (Lipinski definition) is 4. The summed E-state index contributed by atoms with van der Waals surface area (Å²) >= 11 is 0. The Balaban J connectivity index is 1.80. The van der Waals surface area contributed by atoms with Gasteiger partial charge in [-0.15, -0.1) is 0 Å². The molecule has 4 atom stereocenters. The summed E-state index contributed by atoms with van der Waals surface area (Å²) in [6.45, 7) is -0.210. The molecule has 2 aliphatic heterocycles. The fourth-order valence-corrected chi connectivity index (χ4v) is 4.08. The monoisotopic (exact) mass is 394 g/mol. The predicted octanol–water partition coefficient (Wildman–Crippen LogP) is -0.683. The third-order valence-corrected chi connectivity index (χ3v) is 5.47. The van der Waals surface area contributed by atoms with Gasteiger partial charge in [-0.25, -0.2) is 4.99 Å². The number of aliphatic hydroxyl groups is 3. The smallest absolute Gasteiger partial charge is 0.279 e. The van der Waals surface area contributed by atoms with E-state index in [4.69, 9.17) is 4.74 Å². The van der Waals surface area contributed by atoms with Gasteiger partial charge in [-0.2, -0.15) is 0 Å². The molecule has 1 fully saturated rings. The summed E-state index contributed by atoms with van der Waals surface area (Å²) in [7, 11) is 0. The van der Waals surface area contributed by atoms with Crippen molar-refractivity contribution in [3.8, 4) is 5.88 Å². The number of hydrogen-bond acceptors (Lipinski definition) is 6. The van der Waals surface area contributed by atoms with Crippen molar-refractivity contribution in [2.75, 3.05) is 6.61 Å². The van der Waals surface area contributed by atoms with Gasteiger partial charge in [0.15, 0.2) is 6.23 Å². The van der Waals surface area contributed by atoms with Crippen LogP contribution in [0.2, 0.25) is 0 Å². The summed E-state index contributed by atoms with van der Waals surface area (Å²) < 4.78 is 6.88. The molecule has 0 radical (unpaired) electrons. The fraction of sp³-hybridized carbons (Fsp3) is 0.238. The van der Waals surface area contributed by atoms with Crippen molar-refractivity contribution in [1.82, 2.24) is 4.57 Å². The average Bonchev–Trinajstić information content (AvgIpc) is 3.19. The third-order valence-electron chi connectivity index (χ3n) is 5.47. The predicted molar refractivity (Wildman–Crippen MR) is 101 cm³/mol. The summed E-state index contributed by atoms with van der Waals surface area (Å²) in [5.74, 6) is -0.751. The Bertz CT molecular complexity index is 1260. The normalized spacial score (nSPS) is 26.6. The van der Waals surface area contributed by atoms with Gasteiger partial charge in [-0.05, 0) is 12.1 Å². The second kappa shape index (κ2) is 6.50. The lowest BCUT2D eigenvalue weighted by atomic mass is 10.0. The standard InChI is InChI=1S/C21H18N2O6/c24-14-9-29-21(18(26)17(14)25)23-13-8-4-2-6-11(13)16(20(23)28)15-10-5-1-3-7-12(10)22-19(15)27/h1-8,14,17-18,21,24-26,28H,9H2. The minimum absolute atomic E-state index is 0.210. The number of carbonyl (C=O) groups excluding carboxylic acids is 1. The van der Waals surface area contributed by atoms with Crippen molar-refractivity contribution < 1.29 is 30.0 Å². The summed E-state index contributed by atoms with van der Waals surface area (Å²) in [6, 6.07) is 14.0. The number of aliphatic hydroxyl groups excluding tert-OH is 3. The Morgan fingerprint density at radius 2 is 1.72 bits per heavy atom. The van der Waals surface area contributed by atoms with E-state index in [1.807, 2.05) is 0 Å². The molecule has 3 heterocycles. The van der Waals surface area contributed by atoms with Gasteiger partial charge in [-0.1, -0.05) is 36.4 Å². The Morgan fingerprint density at radius 3 is 2.55 bits per heavy atom. The summed E-state index contributed by atoms with van der Waals surface area (Å²) in [5.41, 5.74) is 1.06. The van der Waals surface area contributed by atoms with Crippen LogP contribution in [0.3, 0.4) is 0 Å². The van der Waals surface area contributed by atoms with E-state index >= 15 is 0 Å². The number of para-hydroxylation sites is 2. The van der Waals surface area contributed by atoms with Crippen molar-refractivity contribution >= 4 is 22.4 Å². The molecule has 1 amide bonds. The van der Waals surface area contributed by atoms with E-state index in [1.54, 1.807) is 48.5 Å². The number of carbonyl (C=O) groups is 1. The van der Waals surface area contributed by atoms with Crippen LogP contribution < -0.4 is 10.6 Å². The van der Waals surface area contributed by atoms with E-state index in [2.05, 4.69) is 4.99 Å². The Kier molecular flexibility index (Phi) is 4.04. The molecule has 2 aromatic carbocycles. The highest BCUT2D eigenvalue weighted by Gasteiger charge is 2.41. The van der Waals surface area contributed by atoms with E-state index in [0.717, 1.165) is 0 Å². The molecule has 4 N–H and O–H groups in total. The molecule has 8 heteroatoms. The maximum Gasteiger partial charge on any atom is 0.279 e. The van der Waals surface area contributed by atoms with E-state index in [1.165, 1.54) is 4.57 Å². The molecular weight excluding hydrogens is 376 g/mol. The molecular formula is C21H18N2O6. The minimum Gasteiger partial charge on any atom is -0.494 e. The second-order valence-electron chi connectivity index (χ2n) is 7.17. The van der Waals surface area contributed by atoms with Gasteiger partial charge in [0.1, 0.15) is 18.3 Å². The van der Waals surface area contributed by atoms with E-state index in [0.29, 0.717) is 21.5 Å². The maximum atomic E-state index is 12.7. The summed E-state index contributed by atoms with van der Waals surface area (Å²) in [5, 5.41) is 43.2. The number of rotatable bonds is 2. The number of aromatic hydroxyl groups is 1. The van der Waals surface area contributed by atoms with E-state index in [9.17, 15) is 25.2 Å². The van der Waals surface area contributed by atoms with Crippen LogP contribution in [0, 0.1) is 0 Å². The molecule has 4 unspecified atom stereocenters. The zero-order valence-electron chi connectivity index (χ0n) is 15.1. The average molecular weight is 394 g/mol. The van der Waals surface area contributed by atoms with Crippen molar-refractivity contribution in [3.63, 3.8) is 0 Å². The van der Waals surface area contributed by atoms with E-state index in [-0.39, 0.29) is 23.6 Å². The molecule has 148 valence electrons. The topological polar surface area (TPSA) is 125 Å². The molecule has 29 heavy (non-hydrogen) atoms. The highest BCUT2D eigenvalue weighted by Crippen LogP contribution is 2.41. The van der Waals surface area contributed by atoms with Gasteiger partial charge in [0.05, 0.1) is 28.6 Å². The SMILES string of the molecule is O=C1N=c2ccccc2=C1c1c(O)n(C2OCC(O)C(O)C2O)c2ccccc12. The van der Waals surface area contributed by atoms with Gasteiger partial charge < -0.3 is 25.2 Å². The van der Waals surface area contributed by atoms with Crippen LogP contribution in [0.1, 0.15) is 11.8 Å². The highest BCUT2D eigenvalue weighted by atomic mass is 16.5. The Morgan fingerprint density at radius 1 is 1.00 bits per heavy atom. The van der Waals surface area contributed by atoms with Crippen LogP contribution in [-0.4, -0.2) is 55.8 Å². The lowest BCUT2D eigenvalue weighted by Crippen LogP contribution is -2.50. The van der Waals surface area contributed by atoms with Crippen LogP contribution in [0.25, 0.3) is 16.5 Å². The molecule has 0 aliphatic carbocycles. The minimum atomic E-state index is -1.48. The lowest BCUT2D eigenvalue weighted by molar-refractivity contribution is -0.210. The molecule has 0 spiro atoms. The highest BCUT2D eigenvalue weighted by molar-refractivity contribution is 6.25. The van der Waals surface area contributed by atoms with Crippen molar-refractivity contribution in [2.24, 2.45) is 4.99 Å². The van der Waals surface area contributed by atoms with Crippen molar-refractivity contribution in [3.05, 3.63) is 64.7 Å². The first-order valence-electron chi connectivity index (χ1n) is 9.19. The molecule has 1 aromatic heterocycles. The van der Waals surface area contributed by atoms with E-state index < -0.39 is 30.4 Å². The van der Waals surface area contributed by atoms with Crippen LogP contribution in [0.15, 0.2) is 53.5 Å². The number of nitrogens with zero attached hydrogens (tertiary/aromatic N) is 2. The number of benzene rings is 2. The number of ether oxygens (including phenoxy) is 1. The van der Waals surface area contributed by atoms with Crippen molar-refractivity contribution in [2.45, 2.75) is 24.5 Å². The summed E-state index contributed by atoms with van der Waals surface area (Å²) in [4.78, 5) is 16.8. The molecule has 3 aromatic rings. The maximum absolute atomic E-state index is 12.7. The van der Waals surface area contributed by atoms with Gasteiger partial charge in [0, 0.05) is 10.6 Å². The lowest BCUT2D eigenvalue weighted by Gasteiger charge is -2.36. The third kappa shape index (κ3) is 2.54. The second-order valence-corrected chi connectivity index (χ2v) is 7.17. The molecule has 1 saturated heterocycles. The number of aromatic nitrogens is 1. The quantitative estimate of drug-likeness (QED) is 0.456. The largest absolute Gasteiger partial charge is 0.494 e. The first kappa shape index (κ1) is 18.0. The molecule has 8 nitrogen and oxygen atoms in total.